The molecule has 0 bridgehead atoms. The molecule has 0 amide bonds. The van der Waals surface area contributed by atoms with Crippen LogP contribution >= 0.6 is 11.6 Å². The van der Waals surface area contributed by atoms with Gasteiger partial charge < -0.3 is 14.2 Å². The maximum absolute atomic E-state index is 12.2. The monoisotopic (exact) mass is 430 g/mol. The number of aliphatic imine (C=N–C) groups is 1. The Labute approximate surface area is 175 Å². The van der Waals surface area contributed by atoms with Crippen molar-refractivity contribution in [2.75, 3.05) is 13.2 Å². The van der Waals surface area contributed by atoms with E-state index >= 15 is 0 Å². The van der Waals surface area contributed by atoms with Crippen LogP contribution in [0, 0.1) is 10.1 Å². The van der Waals surface area contributed by atoms with Gasteiger partial charge in [0, 0.05) is 12.1 Å². The van der Waals surface area contributed by atoms with Gasteiger partial charge in [-0.05, 0) is 36.8 Å². The number of nitro benzene ring substituents is 1. The van der Waals surface area contributed by atoms with Crippen LogP contribution in [0.25, 0.3) is 6.08 Å². The SMILES string of the molecule is CCOC(=O)COc1cccc(/C=C2\N=C(c3ccc([N+](=O)[O-])cc3Cl)OC2=O)c1. The zero-order valence-electron chi connectivity index (χ0n) is 15.7. The van der Waals surface area contributed by atoms with Gasteiger partial charge in [-0.3, -0.25) is 10.1 Å². The summed E-state index contributed by atoms with van der Waals surface area (Å²) in [7, 11) is 0. The van der Waals surface area contributed by atoms with Crippen LogP contribution in [0.5, 0.6) is 5.75 Å². The molecule has 3 rings (SSSR count). The molecular formula is C20H15ClN2O7. The molecule has 0 saturated heterocycles. The van der Waals surface area contributed by atoms with Gasteiger partial charge in [0.25, 0.3) is 5.69 Å². The lowest BCUT2D eigenvalue weighted by Crippen LogP contribution is -2.14. The fourth-order valence-electron chi connectivity index (χ4n) is 2.51. The van der Waals surface area contributed by atoms with Crippen molar-refractivity contribution in [1.82, 2.24) is 0 Å². The molecule has 0 spiro atoms. The Morgan fingerprint density at radius 3 is 2.80 bits per heavy atom. The molecule has 0 radical (unpaired) electrons. The Balaban J connectivity index is 1.80. The van der Waals surface area contributed by atoms with E-state index in [9.17, 15) is 19.7 Å². The maximum atomic E-state index is 12.2. The molecular weight excluding hydrogens is 416 g/mol. The van der Waals surface area contributed by atoms with E-state index in [-0.39, 0.29) is 41.1 Å². The van der Waals surface area contributed by atoms with Crippen molar-refractivity contribution in [3.05, 3.63) is 74.4 Å². The lowest BCUT2D eigenvalue weighted by Gasteiger charge is -2.06. The van der Waals surface area contributed by atoms with Gasteiger partial charge in [0.15, 0.2) is 12.3 Å². The minimum atomic E-state index is -0.697. The lowest BCUT2D eigenvalue weighted by molar-refractivity contribution is -0.384. The highest BCUT2D eigenvalue weighted by molar-refractivity contribution is 6.34. The van der Waals surface area contributed by atoms with E-state index in [1.807, 2.05) is 0 Å². The fourth-order valence-corrected chi connectivity index (χ4v) is 2.77. The highest BCUT2D eigenvalue weighted by Crippen LogP contribution is 2.27. The van der Waals surface area contributed by atoms with Crippen LogP contribution in [0.1, 0.15) is 18.1 Å². The second-order valence-corrected chi connectivity index (χ2v) is 6.33. The van der Waals surface area contributed by atoms with Gasteiger partial charge in [0.1, 0.15) is 5.75 Å². The van der Waals surface area contributed by atoms with E-state index in [2.05, 4.69) is 4.99 Å². The van der Waals surface area contributed by atoms with E-state index in [4.69, 9.17) is 25.8 Å². The Hall–Kier alpha value is -3.72. The first-order valence-electron chi connectivity index (χ1n) is 8.72. The average Bonchev–Trinajstić information content (AvgIpc) is 3.06. The van der Waals surface area contributed by atoms with Crippen LogP contribution < -0.4 is 4.74 Å². The first-order valence-corrected chi connectivity index (χ1v) is 9.10. The number of rotatable bonds is 7. The van der Waals surface area contributed by atoms with Crippen LogP contribution in [0.15, 0.2) is 53.2 Å². The summed E-state index contributed by atoms with van der Waals surface area (Å²) in [6, 6.07) is 10.4. The van der Waals surface area contributed by atoms with Gasteiger partial charge in [-0.15, -0.1) is 0 Å². The number of nitrogens with zero attached hydrogens (tertiary/aromatic N) is 2. The van der Waals surface area contributed by atoms with E-state index in [1.165, 1.54) is 18.2 Å². The lowest BCUT2D eigenvalue weighted by atomic mass is 10.2. The summed E-state index contributed by atoms with van der Waals surface area (Å²) < 4.78 is 15.3. The molecule has 0 N–H and O–H groups in total. The minimum Gasteiger partial charge on any atom is -0.482 e. The topological polar surface area (TPSA) is 117 Å². The molecule has 2 aromatic carbocycles. The molecule has 9 nitrogen and oxygen atoms in total. The standard InChI is InChI=1S/C20H15ClN2O7/c1-2-28-18(24)11-29-14-5-3-4-12(8-14)9-17-20(25)30-19(22-17)15-7-6-13(23(26)27)10-16(15)21/h3-10H,2,11H2,1H3/b17-9-. The molecule has 0 atom stereocenters. The molecule has 1 aliphatic rings. The highest BCUT2D eigenvalue weighted by Gasteiger charge is 2.26. The van der Waals surface area contributed by atoms with Crippen molar-refractivity contribution >= 4 is 41.2 Å². The Morgan fingerprint density at radius 1 is 1.30 bits per heavy atom. The van der Waals surface area contributed by atoms with Crippen molar-refractivity contribution in [2.45, 2.75) is 6.92 Å². The number of halogens is 1. The molecule has 1 heterocycles. The number of carbonyl (C=O) groups excluding carboxylic acids is 2. The van der Waals surface area contributed by atoms with E-state index in [0.29, 0.717) is 11.3 Å². The quantitative estimate of drug-likeness (QED) is 0.285. The van der Waals surface area contributed by atoms with Crippen LogP contribution in [0.4, 0.5) is 5.69 Å². The van der Waals surface area contributed by atoms with Gasteiger partial charge in [-0.2, -0.15) is 0 Å². The number of ether oxygens (including phenoxy) is 3. The highest BCUT2D eigenvalue weighted by atomic mass is 35.5. The number of non-ortho nitro benzene ring substituents is 1. The van der Waals surface area contributed by atoms with Gasteiger partial charge in [-0.25, -0.2) is 14.6 Å². The zero-order valence-corrected chi connectivity index (χ0v) is 16.4. The second-order valence-electron chi connectivity index (χ2n) is 5.92. The molecule has 2 aromatic rings. The van der Waals surface area contributed by atoms with E-state index in [0.717, 1.165) is 6.07 Å². The van der Waals surface area contributed by atoms with Gasteiger partial charge in [0.2, 0.25) is 5.90 Å². The third kappa shape index (κ3) is 5.00. The number of cyclic esters (lactones) is 1. The van der Waals surface area contributed by atoms with Crippen LogP contribution in [0.3, 0.4) is 0 Å². The zero-order chi connectivity index (χ0) is 21.7. The number of benzene rings is 2. The number of carbonyl (C=O) groups is 2. The molecule has 0 aliphatic carbocycles. The molecule has 0 aromatic heterocycles. The van der Waals surface area contributed by atoms with Crippen molar-refractivity contribution in [1.29, 1.82) is 0 Å². The summed E-state index contributed by atoms with van der Waals surface area (Å²) in [5.41, 5.74) is 0.666. The van der Waals surface area contributed by atoms with Crippen LogP contribution in [-0.2, 0) is 19.1 Å². The third-order valence-electron chi connectivity index (χ3n) is 3.84. The Kier molecular flexibility index (Phi) is 6.43. The summed E-state index contributed by atoms with van der Waals surface area (Å²) >= 11 is 6.06. The molecule has 0 unspecified atom stereocenters. The van der Waals surface area contributed by atoms with Gasteiger partial charge in [0.05, 0.1) is 22.1 Å². The second kappa shape index (κ2) is 9.19. The molecule has 1 aliphatic heterocycles. The number of hydrogen-bond acceptors (Lipinski definition) is 8. The normalized spacial score (nSPS) is 14.3. The molecule has 0 saturated carbocycles. The van der Waals surface area contributed by atoms with E-state index < -0.39 is 16.9 Å². The molecule has 30 heavy (non-hydrogen) atoms. The number of esters is 2. The molecule has 154 valence electrons. The smallest absolute Gasteiger partial charge is 0.363 e. The van der Waals surface area contributed by atoms with Crippen LogP contribution in [-0.4, -0.2) is 36.0 Å². The first-order chi connectivity index (χ1) is 14.4. The van der Waals surface area contributed by atoms with Crippen molar-refractivity contribution in [3.63, 3.8) is 0 Å². The summed E-state index contributed by atoms with van der Waals surface area (Å²) in [6.45, 7) is 1.72. The predicted octanol–water partition coefficient (Wildman–Crippen LogP) is 3.53. The predicted molar refractivity (Wildman–Crippen MR) is 107 cm³/mol. The maximum Gasteiger partial charge on any atom is 0.363 e. The van der Waals surface area contributed by atoms with Crippen molar-refractivity contribution in [2.24, 2.45) is 4.99 Å². The number of hydrogen-bond donors (Lipinski definition) is 0. The van der Waals surface area contributed by atoms with Crippen LogP contribution in [0.2, 0.25) is 5.02 Å². The fraction of sp³-hybridized carbons (Fsp3) is 0.150. The Bertz CT molecular complexity index is 1080. The first kappa shape index (κ1) is 21.0. The third-order valence-corrected chi connectivity index (χ3v) is 4.15. The summed E-state index contributed by atoms with van der Waals surface area (Å²) in [4.78, 5) is 37.9. The molecule has 10 heteroatoms. The number of nitro groups is 1. The van der Waals surface area contributed by atoms with Gasteiger partial charge >= 0.3 is 11.9 Å². The minimum absolute atomic E-state index is 0.0157. The molecule has 0 fully saturated rings. The largest absolute Gasteiger partial charge is 0.482 e. The van der Waals surface area contributed by atoms with E-state index in [1.54, 1.807) is 31.2 Å². The van der Waals surface area contributed by atoms with Crippen molar-refractivity contribution < 1.29 is 28.7 Å². The van der Waals surface area contributed by atoms with Crippen molar-refractivity contribution in [3.8, 4) is 5.75 Å². The summed E-state index contributed by atoms with van der Waals surface area (Å²) in [5.74, 6) is -0.834. The average molecular weight is 431 g/mol. The summed E-state index contributed by atoms with van der Waals surface area (Å²) in [5, 5.41) is 10.9. The Morgan fingerprint density at radius 2 is 2.10 bits per heavy atom. The van der Waals surface area contributed by atoms with Gasteiger partial charge in [-0.1, -0.05) is 23.7 Å². The summed E-state index contributed by atoms with van der Waals surface area (Å²) in [6.07, 6.45) is 1.48.